The largest absolute Gasteiger partial charge is 0.382 e. The van der Waals surface area contributed by atoms with E-state index in [-0.39, 0.29) is 11.9 Å². The molecule has 0 aromatic carbocycles. The number of nitrogens with zero attached hydrogens (tertiary/aromatic N) is 2. The first-order valence-electron chi connectivity index (χ1n) is 4.27. The number of aromatic nitrogens is 2. The number of rotatable bonds is 1. The first-order valence-corrected chi connectivity index (χ1v) is 4.27. The van der Waals surface area contributed by atoms with Gasteiger partial charge in [0.05, 0.1) is 0 Å². The number of aryl methyl sites for hydroxylation is 1. The Morgan fingerprint density at radius 2 is 2.54 bits per heavy atom. The third-order valence-electron chi connectivity index (χ3n) is 2.29. The van der Waals surface area contributed by atoms with Crippen LogP contribution in [-0.2, 0) is 4.79 Å². The first kappa shape index (κ1) is 8.10. The molecule has 1 saturated heterocycles. The lowest BCUT2D eigenvalue weighted by molar-refractivity contribution is -0.122. The van der Waals surface area contributed by atoms with E-state index >= 15 is 0 Å². The van der Waals surface area contributed by atoms with Crippen LogP contribution in [0.4, 0.5) is 5.82 Å². The van der Waals surface area contributed by atoms with Gasteiger partial charge >= 0.3 is 0 Å². The lowest BCUT2D eigenvalue weighted by atomic mass is 10.2. The minimum Gasteiger partial charge on any atom is -0.382 e. The molecule has 2 rings (SSSR count). The van der Waals surface area contributed by atoms with Crippen LogP contribution in [0.2, 0.25) is 0 Å². The average Bonchev–Trinajstić information content (AvgIpc) is 2.60. The molecule has 1 atom stereocenters. The van der Waals surface area contributed by atoms with Gasteiger partial charge in [0.1, 0.15) is 11.9 Å². The number of nitrogens with one attached hydrogen (secondary N) is 1. The fourth-order valence-corrected chi connectivity index (χ4v) is 1.49. The molecule has 13 heavy (non-hydrogen) atoms. The zero-order valence-corrected chi connectivity index (χ0v) is 7.45. The van der Waals surface area contributed by atoms with Gasteiger partial charge in [-0.15, -0.1) is 0 Å². The van der Waals surface area contributed by atoms with Crippen molar-refractivity contribution in [3.63, 3.8) is 0 Å². The van der Waals surface area contributed by atoms with Gasteiger partial charge in [-0.2, -0.15) is 5.10 Å². The van der Waals surface area contributed by atoms with Gasteiger partial charge in [0.2, 0.25) is 5.91 Å². The van der Waals surface area contributed by atoms with Crippen LogP contribution in [0.5, 0.6) is 0 Å². The van der Waals surface area contributed by atoms with Gasteiger partial charge in [-0.05, 0) is 13.3 Å². The Hall–Kier alpha value is -1.52. The molecule has 1 aromatic rings. The van der Waals surface area contributed by atoms with Crippen molar-refractivity contribution >= 4 is 11.7 Å². The van der Waals surface area contributed by atoms with Gasteiger partial charge in [-0.1, -0.05) is 0 Å². The number of nitrogens with two attached hydrogens (primary N) is 1. The number of hydrogen-bond acceptors (Lipinski definition) is 3. The molecule has 1 fully saturated rings. The maximum atomic E-state index is 11.3. The molecular formula is C8H12N4O. The Morgan fingerprint density at radius 3 is 3.00 bits per heavy atom. The zero-order chi connectivity index (χ0) is 9.42. The van der Waals surface area contributed by atoms with Crippen LogP contribution in [0.1, 0.15) is 18.0 Å². The molecule has 0 spiro atoms. The summed E-state index contributed by atoms with van der Waals surface area (Å²) in [5.41, 5.74) is 6.51. The summed E-state index contributed by atoms with van der Waals surface area (Å²) in [4.78, 5) is 11.3. The molecule has 1 amide bonds. The van der Waals surface area contributed by atoms with Crippen molar-refractivity contribution in [2.24, 2.45) is 0 Å². The zero-order valence-electron chi connectivity index (χ0n) is 7.45. The second-order valence-electron chi connectivity index (χ2n) is 3.27. The molecule has 0 saturated carbocycles. The molecule has 5 heteroatoms. The smallest absolute Gasteiger partial charge is 0.244 e. The fraction of sp³-hybridized carbons (Fsp3) is 0.500. The highest BCUT2D eigenvalue weighted by atomic mass is 16.2. The summed E-state index contributed by atoms with van der Waals surface area (Å²) in [6, 6.07) is -0.170. The summed E-state index contributed by atoms with van der Waals surface area (Å²) in [5.74, 6) is 0.530. The number of nitrogen functional groups attached to an aromatic ring is 1. The topological polar surface area (TPSA) is 72.9 Å². The van der Waals surface area contributed by atoms with E-state index in [0.717, 1.165) is 18.5 Å². The van der Waals surface area contributed by atoms with Crippen molar-refractivity contribution in [3.05, 3.63) is 11.8 Å². The number of carbonyl (C=O) groups excluding carboxylic acids is 1. The molecule has 1 aromatic heterocycles. The molecule has 2 heterocycles. The van der Waals surface area contributed by atoms with Gasteiger partial charge in [-0.25, -0.2) is 0 Å². The van der Waals surface area contributed by atoms with E-state index in [2.05, 4.69) is 10.4 Å². The second-order valence-corrected chi connectivity index (χ2v) is 3.27. The van der Waals surface area contributed by atoms with E-state index in [1.807, 2.05) is 13.1 Å². The molecular weight excluding hydrogens is 168 g/mol. The van der Waals surface area contributed by atoms with Crippen molar-refractivity contribution in [2.45, 2.75) is 19.4 Å². The average molecular weight is 180 g/mol. The predicted octanol–water partition coefficient (Wildman–Crippen LogP) is -0.165. The van der Waals surface area contributed by atoms with E-state index < -0.39 is 0 Å². The number of anilines is 1. The van der Waals surface area contributed by atoms with Crippen molar-refractivity contribution in [3.8, 4) is 0 Å². The molecule has 5 nitrogen and oxygen atoms in total. The summed E-state index contributed by atoms with van der Waals surface area (Å²) in [6.07, 6.45) is 2.60. The minimum atomic E-state index is -0.170. The van der Waals surface area contributed by atoms with Crippen molar-refractivity contribution in [1.82, 2.24) is 15.1 Å². The van der Waals surface area contributed by atoms with Crippen LogP contribution in [0, 0.1) is 6.92 Å². The Labute approximate surface area is 75.9 Å². The van der Waals surface area contributed by atoms with Crippen molar-refractivity contribution in [1.29, 1.82) is 0 Å². The quantitative estimate of drug-likeness (QED) is 0.630. The molecule has 1 aliphatic rings. The molecule has 0 radical (unpaired) electrons. The van der Waals surface area contributed by atoms with Crippen LogP contribution in [0.3, 0.4) is 0 Å². The second kappa shape index (κ2) is 2.76. The van der Waals surface area contributed by atoms with Gasteiger partial charge < -0.3 is 11.1 Å². The van der Waals surface area contributed by atoms with Crippen LogP contribution in [0.25, 0.3) is 0 Å². The van der Waals surface area contributed by atoms with Crippen LogP contribution in [0.15, 0.2) is 6.20 Å². The summed E-state index contributed by atoms with van der Waals surface area (Å²) >= 11 is 0. The van der Waals surface area contributed by atoms with Crippen molar-refractivity contribution in [2.75, 3.05) is 12.3 Å². The fourth-order valence-electron chi connectivity index (χ4n) is 1.49. The Morgan fingerprint density at radius 1 is 1.77 bits per heavy atom. The SMILES string of the molecule is Cc1cn(C2CCNC2=O)nc1N. The third kappa shape index (κ3) is 1.26. The lowest BCUT2D eigenvalue weighted by Gasteiger charge is -2.05. The normalized spacial score (nSPS) is 21.9. The molecule has 70 valence electrons. The highest BCUT2D eigenvalue weighted by molar-refractivity contribution is 5.82. The predicted molar refractivity (Wildman–Crippen MR) is 48.0 cm³/mol. The highest BCUT2D eigenvalue weighted by Gasteiger charge is 2.26. The monoisotopic (exact) mass is 180 g/mol. The van der Waals surface area contributed by atoms with Gasteiger partial charge in [0.15, 0.2) is 0 Å². The van der Waals surface area contributed by atoms with Gasteiger partial charge in [-0.3, -0.25) is 9.48 Å². The van der Waals surface area contributed by atoms with E-state index in [1.165, 1.54) is 0 Å². The first-order chi connectivity index (χ1) is 6.18. The maximum Gasteiger partial charge on any atom is 0.244 e. The molecule has 3 N–H and O–H groups in total. The Kier molecular flexibility index (Phi) is 1.72. The van der Waals surface area contributed by atoms with Crippen molar-refractivity contribution < 1.29 is 4.79 Å². The van der Waals surface area contributed by atoms with E-state index in [4.69, 9.17) is 5.73 Å². The van der Waals surface area contributed by atoms with Gasteiger partial charge in [0.25, 0.3) is 0 Å². The lowest BCUT2D eigenvalue weighted by Crippen LogP contribution is -2.22. The van der Waals surface area contributed by atoms with E-state index in [1.54, 1.807) is 4.68 Å². The van der Waals surface area contributed by atoms with Crippen LogP contribution >= 0.6 is 0 Å². The summed E-state index contributed by atoms with van der Waals surface area (Å²) in [7, 11) is 0. The number of amides is 1. The third-order valence-corrected chi connectivity index (χ3v) is 2.29. The van der Waals surface area contributed by atoms with Crippen LogP contribution < -0.4 is 11.1 Å². The highest BCUT2D eigenvalue weighted by Crippen LogP contribution is 2.18. The molecule has 1 aliphatic heterocycles. The summed E-state index contributed by atoms with van der Waals surface area (Å²) in [6.45, 7) is 2.61. The molecule has 1 unspecified atom stereocenters. The molecule has 0 bridgehead atoms. The Balaban J connectivity index is 2.29. The van der Waals surface area contributed by atoms with E-state index in [0.29, 0.717) is 5.82 Å². The Bertz CT molecular complexity index is 324. The van der Waals surface area contributed by atoms with Gasteiger partial charge in [0, 0.05) is 18.3 Å². The standard InChI is InChI=1S/C8H12N4O/c1-5-4-12(11-7(5)9)6-2-3-10-8(6)13/h4,6H,2-3H2,1H3,(H2,9,11)(H,10,13). The minimum absolute atomic E-state index is 0.0301. The summed E-state index contributed by atoms with van der Waals surface area (Å²) < 4.78 is 1.65. The maximum absolute atomic E-state index is 11.3. The number of hydrogen-bond donors (Lipinski definition) is 2. The summed E-state index contributed by atoms with van der Waals surface area (Å²) in [5, 5.41) is 6.83. The van der Waals surface area contributed by atoms with E-state index in [9.17, 15) is 4.79 Å². The molecule has 0 aliphatic carbocycles. The van der Waals surface area contributed by atoms with Crippen LogP contribution in [-0.4, -0.2) is 22.2 Å². The number of carbonyl (C=O) groups is 1.